The van der Waals surface area contributed by atoms with E-state index in [0.29, 0.717) is 18.4 Å². The third kappa shape index (κ3) is 4.25. The van der Waals surface area contributed by atoms with E-state index in [1.54, 1.807) is 6.07 Å². The lowest BCUT2D eigenvalue weighted by Gasteiger charge is -2.13. The highest BCUT2D eigenvalue weighted by Crippen LogP contribution is 2.21. The highest BCUT2D eigenvalue weighted by molar-refractivity contribution is 5.21. The van der Waals surface area contributed by atoms with Gasteiger partial charge in [-0.05, 0) is 23.6 Å². The Morgan fingerprint density at radius 3 is 2.43 bits per heavy atom. The van der Waals surface area contributed by atoms with Crippen LogP contribution in [0.1, 0.15) is 56.6 Å². The van der Waals surface area contributed by atoms with E-state index in [1.165, 1.54) is 12.1 Å². The molecule has 1 heterocycles. The number of benzene rings is 1. The monoisotopic (exact) mass is 288 g/mol. The number of ether oxygens (including phenoxy) is 1. The number of hydrogen-bond donors (Lipinski definition) is 0. The van der Waals surface area contributed by atoms with Crippen molar-refractivity contribution in [1.29, 1.82) is 0 Å². The maximum absolute atomic E-state index is 13.2. The maximum Gasteiger partial charge on any atom is 0.217 e. The predicted molar refractivity (Wildman–Crippen MR) is 80.9 cm³/mol. The Bertz CT molecular complexity index is 585. The zero-order valence-electron chi connectivity index (χ0n) is 12.9. The Morgan fingerprint density at radius 1 is 1.05 bits per heavy atom. The first-order chi connectivity index (χ1) is 9.95. The molecule has 112 valence electrons. The van der Waals surface area contributed by atoms with Crippen molar-refractivity contribution in [3.05, 3.63) is 53.2 Å². The van der Waals surface area contributed by atoms with Crippen LogP contribution in [0.2, 0.25) is 0 Å². The molecule has 0 atom stereocenters. The first-order valence-electron chi connectivity index (χ1n) is 7.22. The molecule has 1 aromatic heterocycles. The van der Waals surface area contributed by atoms with Gasteiger partial charge in [0.1, 0.15) is 18.2 Å². The SMILES string of the molecule is CC(C)c1cc(OCc2cccc(F)c2)nc(C(C)C)n1. The Labute approximate surface area is 125 Å². The van der Waals surface area contributed by atoms with Crippen molar-refractivity contribution in [3.8, 4) is 5.88 Å². The van der Waals surface area contributed by atoms with Crippen LogP contribution in [0.25, 0.3) is 0 Å². The summed E-state index contributed by atoms with van der Waals surface area (Å²) in [6.45, 7) is 8.57. The van der Waals surface area contributed by atoms with Crippen molar-refractivity contribution in [2.75, 3.05) is 0 Å². The van der Waals surface area contributed by atoms with Gasteiger partial charge in [-0.2, -0.15) is 4.98 Å². The van der Waals surface area contributed by atoms with E-state index < -0.39 is 0 Å². The van der Waals surface area contributed by atoms with E-state index >= 15 is 0 Å². The van der Waals surface area contributed by atoms with Crippen molar-refractivity contribution in [2.45, 2.75) is 46.1 Å². The Balaban J connectivity index is 2.19. The Morgan fingerprint density at radius 2 is 1.81 bits per heavy atom. The zero-order valence-corrected chi connectivity index (χ0v) is 12.9. The summed E-state index contributed by atoms with van der Waals surface area (Å²) in [5, 5.41) is 0. The minimum atomic E-state index is -0.260. The molecule has 0 unspecified atom stereocenters. The molecular formula is C17H21FN2O. The van der Waals surface area contributed by atoms with E-state index in [-0.39, 0.29) is 11.7 Å². The Hall–Kier alpha value is -1.97. The van der Waals surface area contributed by atoms with Crippen molar-refractivity contribution in [1.82, 2.24) is 9.97 Å². The first-order valence-corrected chi connectivity index (χ1v) is 7.22. The third-order valence-electron chi connectivity index (χ3n) is 3.12. The predicted octanol–water partition coefficient (Wildman–Crippen LogP) is 4.44. The van der Waals surface area contributed by atoms with Crippen molar-refractivity contribution < 1.29 is 9.13 Å². The molecule has 0 saturated heterocycles. The van der Waals surface area contributed by atoms with Gasteiger partial charge in [-0.15, -0.1) is 0 Å². The van der Waals surface area contributed by atoms with E-state index in [9.17, 15) is 4.39 Å². The molecule has 2 aromatic rings. The van der Waals surface area contributed by atoms with Crippen LogP contribution < -0.4 is 4.74 Å². The molecule has 21 heavy (non-hydrogen) atoms. The molecule has 2 rings (SSSR count). The number of rotatable bonds is 5. The molecule has 0 amide bonds. The second-order valence-electron chi connectivity index (χ2n) is 5.72. The lowest BCUT2D eigenvalue weighted by atomic mass is 10.1. The molecule has 0 spiro atoms. The fourth-order valence-electron chi connectivity index (χ4n) is 1.87. The van der Waals surface area contributed by atoms with Crippen molar-refractivity contribution in [3.63, 3.8) is 0 Å². The fourth-order valence-corrected chi connectivity index (χ4v) is 1.87. The second kappa shape index (κ2) is 6.66. The average molecular weight is 288 g/mol. The quantitative estimate of drug-likeness (QED) is 0.815. The van der Waals surface area contributed by atoms with Gasteiger partial charge in [-0.1, -0.05) is 39.8 Å². The molecule has 0 aliphatic heterocycles. The topological polar surface area (TPSA) is 35.0 Å². The number of aromatic nitrogens is 2. The maximum atomic E-state index is 13.2. The average Bonchev–Trinajstić information content (AvgIpc) is 2.45. The van der Waals surface area contributed by atoms with E-state index in [0.717, 1.165) is 17.1 Å². The number of nitrogens with zero attached hydrogens (tertiary/aromatic N) is 2. The summed E-state index contributed by atoms with van der Waals surface area (Å²) in [6.07, 6.45) is 0. The van der Waals surface area contributed by atoms with E-state index in [4.69, 9.17) is 4.74 Å². The molecule has 3 nitrogen and oxygen atoms in total. The van der Waals surface area contributed by atoms with Crippen LogP contribution in [0.5, 0.6) is 5.88 Å². The molecular weight excluding hydrogens is 267 g/mol. The van der Waals surface area contributed by atoms with Gasteiger partial charge in [-0.25, -0.2) is 9.37 Å². The molecule has 0 radical (unpaired) electrons. The van der Waals surface area contributed by atoms with Crippen molar-refractivity contribution in [2.24, 2.45) is 0 Å². The normalized spacial score (nSPS) is 11.2. The smallest absolute Gasteiger partial charge is 0.217 e. The summed E-state index contributed by atoms with van der Waals surface area (Å²) in [6, 6.07) is 8.25. The third-order valence-corrected chi connectivity index (χ3v) is 3.12. The summed E-state index contributed by atoms with van der Waals surface area (Å²) in [4.78, 5) is 8.98. The van der Waals surface area contributed by atoms with Gasteiger partial charge in [0.2, 0.25) is 5.88 Å². The minimum Gasteiger partial charge on any atom is -0.473 e. The van der Waals surface area contributed by atoms with Gasteiger partial charge in [0, 0.05) is 12.0 Å². The van der Waals surface area contributed by atoms with Crippen LogP contribution >= 0.6 is 0 Å². The van der Waals surface area contributed by atoms with Crippen LogP contribution in [0.3, 0.4) is 0 Å². The molecule has 1 aromatic carbocycles. The largest absolute Gasteiger partial charge is 0.473 e. The molecule has 0 bridgehead atoms. The molecule has 0 fully saturated rings. The molecule has 0 aliphatic rings. The summed E-state index contributed by atoms with van der Waals surface area (Å²) >= 11 is 0. The number of halogens is 1. The zero-order chi connectivity index (χ0) is 15.4. The Kier molecular flexibility index (Phi) is 4.89. The van der Waals surface area contributed by atoms with E-state index in [2.05, 4.69) is 37.7 Å². The van der Waals surface area contributed by atoms with Gasteiger partial charge < -0.3 is 4.74 Å². The standard InChI is InChI=1S/C17H21FN2O/c1-11(2)15-9-16(20-17(19-15)12(3)4)21-10-13-6-5-7-14(18)8-13/h5-9,11-12H,10H2,1-4H3. The van der Waals surface area contributed by atoms with Crippen LogP contribution in [-0.2, 0) is 6.61 Å². The van der Waals surface area contributed by atoms with Crippen molar-refractivity contribution >= 4 is 0 Å². The van der Waals surface area contributed by atoms with Crippen LogP contribution in [0.15, 0.2) is 30.3 Å². The minimum absolute atomic E-state index is 0.236. The van der Waals surface area contributed by atoms with Gasteiger partial charge in [0.05, 0.1) is 5.69 Å². The van der Waals surface area contributed by atoms with Crippen LogP contribution in [0, 0.1) is 5.82 Å². The summed E-state index contributed by atoms with van der Waals surface area (Å²) in [5.41, 5.74) is 1.74. The van der Waals surface area contributed by atoms with E-state index in [1.807, 2.05) is 12.1 Å². The molecule has 4 heteroatoms. The highest BCUT2D eigenvalue weighted by Gasteiger charge is 2.11. The first kappa shape index (κ1) is 15.4. The molecule has 0 aliphatic carbocycles. The van der Waals surface area contributed by atoms with Gasteiger partial charge in [0.25, 0.3) is 0 Å². The van der Waals surface area contributed by atoms with Crippen LogP contribution in [-0.4, -0.2) is 9.97 Å². The summed E-state index contributed by atoms with van der Waals surface area (Å²) in [7, 11) is 0. The lowest BCUT2D eigenvalue weighted by molar-refractivity contribution is 0.290. The second-order valence-corrected chi connectivity index (χ2v) is 5.72. The fraction of sp³-hybridized carbons (Fsp3) is 0.412. The van der Waals surface area contributed by atoms with Crippen LogP contribution in [0.4, 0.5) is 4.39 Å². The highest BCUT2D eigenvalue weighted by atomic mass is 19.1. The lowest BCUT2D eigenvalue weighted by Crippen LogP contribution is -2.06. The molecule has 0 saturated carbocycles. The van der Waals surface area contributed by atoms with Gasteiger partial charge in [0.15, 0.2) is 0 Å². The molecule has 0 N–H and O–H groups in total. The summed E-state index contributed by atoms with van der Waals surface area (Å²) in [5.74, 6) is 1.60. The number of hydrogen-bond acceptors (Lipinski definition) is 3. The van der Waals surface area contributed by atoms with Gasteiger partial charge >= 0.3 is 0 Å². The van der Waals surface area contributed by atoms with Gasteiger partial charge in [-0.3, -0.25) is 0 Å². The summed E-state index contributed by atoms with van der Waals surface area (Å²) < 4.78 is 18.9.